The van der Waals surface area contributed by atoms with Crippen LogP contribution >= 0.6 is 0 Å². The number of nitrogens with zero attached hydrogens (tertiary/aromatic N) is 1. The molecule has 1 amide bonds. The summed E-state index contributed by atoms with van der Waals surface area (Å²) in [6, 6.07) is 0.354. The van der Waals surface area contributed by atoms with E-state index in [4.69, 9.17) is 5.11 Å². The van der Waals surface area contributed by atoms with Crippen LogP contribution in [0.5, 0.6) is 0 Å². The Bertz CT molecular complexity index is 185. The van der Waals surface area contributed by atoms with E-state index in [2.05, 4.69) is 10.2 Å². The van der Waals surface area contributed by atoms with Gasteiger partial charge in [0.15, 0.2) is 0 Å². The van der Waals surface area contributed by atoms with Crippen molar-refractivity contribution in [2.45, 2.75) is 32.2 Å². The highest BCUT2D eigenvalue weighted by Gasteiger charge is 2.22. The molecule has 1 heterocycles. The number of amides is 1. The summed E-state index contributed by atoms with van der Waals surface area (Å²) >= 11 is 0. The van der Waals surface area contributed by atoms with E-state index in [1.807, 2.05) is 0 Å². The van der Waals surface area contributed by atoms with Crippen LogP contribution in [0.3, 0.4) is 0 Å². The fourth-order valence-corrected chi connectivity index (χ4v) is 1.94. The van der Waals surface area contributed by atoms with Gasteiger partial charge in [0.2, 0.25) is 5.91 Å². The Balaban J connectivity index is 2.08. The molecule has 4 nitrogen and oxygen atoms in total. The van der Waals surface area contributed by atoms with Crippen LogP contribution in [0.1, 0.15) is 26.2 Å². The first-order valence-corrected chi connectivity index (χ1v) is 5.33. The number of carbonyl (C=O) groups is 1. The van der Waals surface area contributed by atoms with Gasteiger partial charge < -0.3 is 10.4 Å². The highest BCUT2D eigenvalue weighted by atomic mass is 16.3. The Hall–Kier alpha value is -0.610. The summed E-state index contributed by atoms with van der Waals surface area (Å²) in [5.74, 6) is 0.0325. The molecule has 0 radical (unpaired) electrons. The number of likely N-dealkylation sites (tertiary alicyclic amines) is 1. The Labute approximate surface area is 85.3 Å². The molecule has 1 aliphatic heterocycles. The third kappa shape index (κ3) is 3.64. The van der Waals surface area contributed by atoms with Gasteiger partial charge in [-0.1, -0.05) is 0 Å². The molecule has 1 fully saturated rings. The standard InChI is InChI=1S/C10H20N2O2/c1-9(14)11-5-3-7-12-6-2-4-10(12)8-13/h10,13H,2-8H2,1H3,(H,11,14). The molecular weight excluding hydrogens is 180 g/mol. The van der Waals surface area contributed by atoms with Crippen molar-refractivity contribution in [1.29, 1.82) is 0 Å². The molecule has 1 rings (SSSR count). The second-order valence-electron chi connectivity index (χ2n) is 3.85. The maximum Gasteiger partial charge on any atom is 0.216 e. The van der Waals surface area contributed by atoms with Crippen LogP contribution in [0.4, 0.5) is 0 Å². The van der Waals surface area contributed by atoms with Crippen molar-refractivity contribution in [3.8, 4) is 0 Å². The molecule has 1 unspecified atom stereocenters. The maximum absolute atomic E-state index is 10.6. The lowest BCUT2D eigenvalue weighted by molar-refractivity contribution is -0.118. The molecule has 2 N–H and O–H groups in total. The van der Waals surface area contributed by atoms with E-state index < -0.39 is 0 Å². The number of carbonyl (C=O) groups excluding carboxylic acids is 1. The van der Waals surface area contributed by atoms with Crippen LogP contribution in [-0.4, -0.2) is 48.2 Å². The smallest absolute Gasteiger partial charge is 0.216 e. The normalized spacial score (nSPS) is 22.6. The van der Waals surface area contributed by atoms with Crippen molar-refractivity contribution >= 4 is 5.91 Å². The minimum Gasteiger partial charge on any atom is -0.395 e. The SMILES string of the molecule is CC(=O)NCCCN1CCCC1CO. The Morgan fingerprint density at radius 3 is 3.07 bits per heavy atom. The third-order valence-corrected chi connectivity index (χ3v) is 2.71. The molecule has 1 saturated heterocycles. The average Bonchev–Trinajstić information content (AvgIpc) is 2.59. The van der Waals surface area contributed by atoms with Crippen LogP contribution in [0.2, 0.25) is 0 Å². The zero-order valence-electron chi connectivity index (χ0n) is 8.83. The van der Waals surface area contributed by atoms with Gasteiger partial charge in [-0.25, -0.2) is 0 Å². The van der Waals surface area contributed by atoms with Crippen molar-refractivity contribution in [3.05, 3.63) is 0 Å². The summed E-state index contributed by atoms with van der Waals surface area (Å²) in [5, 5.41) is 11.8. The fourth-order valence-electron chi connectivity index (χ4n) is 1.94. The number of hydrogen-bond donors (Lipinski definition) is 2. The van der Waals surface area contributed by atoms with E-state index in [-0.39, 0.29) is 12.5 Å². The fraction of sp³-hybridized carbons (Fsp3) is 0.900. The van der Waals surface area contributed by atoms with Gasteiger partial charge in [-0.2, -0.15) is 0 Å². The van der Waals surface area contributed by atoms with Gasteiger partial charge in [-0.05, 0) is 25.8 Å². The van der Waals surface area contributed by atoms with Crippen molar-refractivity contribution in [3.63, 3.8) is 0 Å². The maximum atomic E-state index is 10.6. The second kappa shape index (κ2) is 5.98. The first-order valence-electron chi connectivity index (χ1n) is 5.33. The minimum atomic E-state index is 0.0325. The number of hydrogen-bond acceptors (Lipinski definition) is 3. The Kier molecular flexibility index (Phi) is 4.90. The summed E-state index contributed by atoms with van der Waals surface area (Å²) < 4.78 is 0. The summed E-state index contributed by atoms with van der Waals surface area (Å²) in [5.41, 5.74) is 0. The van der Waals surface area contributed by atoms with Gasteiger partial charge in [0.1, 0.15) is 0 Å². The zero-order chi connectivity index (χ0) is 10.4. The van der Waals surface area contributed by atoms with Gasteiger partial charge in [-0.3, -0.25) is 9.69 Å². The highest BCUT2D eigenvalue weighted by Crippen LogP contribution is 2.16. The molecule has 0 aromatic heterocycles. The number of aliphatic hydroxyl groups excluding tert-OH is 1. The second-order valence-corrected chi connectivity index (χ2v) is 3.85. The largest absolute Gasteiger partial charge is 0.395 e. The van der Waals surface area contributed by atoms with Crippen molar-refractivity contribution < 1.29 is 9.90 Å². The molecular formula is C10H20N2O2. The quantitative estimate of drug-likeness (QED) is 0.613. The molecule has 4 heteroatoms. The van der Waals surface area contributed by atoms with E-state index in [1.54, 1.807) is 0 Å². The lowest BCUT2D eigenvalue weighted by Gasteiger charge is -2.22. The molecule has 0 bridgehead atoms. The van der Waals surface area contributed by atoms with Crippen LogP contribution in [0, 0.1) is 0 Å². The van der Waals surface area contributed by atoms with Crippen LogP contribution in [0.15, 0.2) is 0 Å². The van der Waals surface area contributed by atoms with E-state index in [9.17, 15) is 4.79 Å². The van der Waals surface area contributed by atoms with Crippen LogP contribution < -0.4 is 5.32 Å². The topological polar surface area (TPSA) is 52.6 Å². The van der Waals surface area contributed by atoms with E-state index in [0.29, 0.717) is 6.04 Å². The van der Waals surface area contributed by atoms with Crippen molar-refractivity contribution in [1.82, 2.24) is 10.2 Å². The predicted octanol–water partition coefficient (Wildman–Crippen LogP) is -0.0307. The lowest BCUT2D eigenvalue weighted by Crippen LogP contribution is -2.34. The Morgan fingerprint density at radius 2 is 2.43 bits per heavy atom. The monoisotopic (exact) mass is 200 g/mol. The average molecular weight is 200 g/mol. The van der Waals surface area contributed by atoms with E-state index in [0.717, 1.165) is 32.5 Å². The van der Waals surface area contributed by atoms with E-state index >= 15 is 0 Å². The van der Waals surface area contributed by atoms with Crippen molar-refractivity contribution in [2.24, 2.45) is 0 Å². The molecule has 14 heavy (non-hydrogen) atoms. The van der Waals surface area contributed by atoms with Gasteiger partial charge >= 0.3 is 0 Å². The van der Waals surface area contributed by atoms with Gasteiger partial charge in [0.25, 0.3) is 0 Å². The molecule has 0 aliphatic carbocycles. The van der Waals surface area contributed by atoms with E-state index in [1.165, 1.54) is 13.3 Å². The van der Waals surface area contributed by atoms with Gasteiger partial charge in [0, 0.05) is 26.1 Å². The number of rotatable bonds is 5. The third-order valence-electron chi connectivity index (χ3n) is 2.71. The number of nitrogens with one attached hydrogen (secondary N) is 1. The summed E-state index contributed by atoms with van der Waals surface area (Å²) in [6.45, 7) is 4.60. The summed E-state index contributed by atoms with van der Waals surface area (Å²) in [4.78, 5) is 12.9. The predicted molar refractivity (Wildman–Crippen MR) is 55.0 cm³/mol. The zero-order valence-corrected chi connectivity index (χ0v) is 8.83. The first kappa shape index (κ1) is 11.5. The van der Waals surface area contributed by atoms with Gasteiger partial charge in [-0.15, -0.1) is 0 Å². The highest BCUT2D eigenvalue weighted by molar-refractivity contribution is 5.72. The minimum absolute atomic E-state index is 0.0325. The Morgan fingerprint density at radius 1 is 1.64 bits per heavy atom. The first-order chi connectivity index (χ1) is 6.74. The molecule has 82 valence electrons. The molecule has 0 aromatic carbocycles. The van der Waals surface area contributed by atoms with Crippen LogP contribution in [0.25, 0.3) is 0 Å². The molecule has 0 spiro atoms. The lowest BCUT2D eigenvalue weighted by atomic mass is 10.2. The summed E-state index contributed by atoms with van der Waals surface area (Å²) in [6.07, 6.45) is 3.26. The molecule has 1 aliphatic rings. The van der Waals surface area contributed by atoms with Crippen LogP contribution in [-0.2, 0) is 4.79 Å². The van der Waals surface area contributed by atoms with Crippen molar-refractivity contribution in [2.75, 3.05) is 26.2 Å². The molecule has 0 aromatic rings. The summed E-state index contributed by atoms with van der Waals surface area (Å²) in [7, 11) is 0. The number of aliphatic hydroxyl groups is 1. The molecule has 1 atom stereocenters. The molecule has 0 saturated carbocycles. The van der Waals surface area contributed by atoms with Gasteiger partial charge in [0.05, 0.1) is 6.61 Å².